The zero-order valence-corrected chi connectivity index (χ0v) is 24.8. The van der Waals surface area contributed by atoms with Crippen LogP contribution >= 0.6 is 0 Å². The second kappa shape index (κ2) is 11.9. The molecule has 0 saturated carbocycles. The van der Waals surface area contributed by atoms with E-state index in [9.17, 15) is 14.4 Å². The lowest BCUT2D eigenvalue weighted by Gasteiger charge is -2.25. The Kier molecular flexibility index (Phi) is 8.71. The Hall–Kier alpha value is -3.62. The Labute approximate surface area is 236 Å². The third kappa shape index (κ3) is 6.08. The predicted octanol–water partition coefficient (Wildman–Crippen LogP) is 4.71. The summed E-state index contributed by atoms with van der Waals surface area (Å²) in [5.41, 5.74) is 2.50. The standard InChI is InChI=1S/C31H42N4O5/c1-8-31(5,6)40-30(38)32-17-24(20(2)3)29(37)39-19-35-16-15-34(21(35)4)18-22-13-14-26-27(28(22)36)23-11-9-10-12-25(23)33(26)7/h9-12,15-16,20,22,24H,8,13-14,17-19H2,1-7H3/p+1. The first-order chi connectivity index (χ1) is 18.9. The van der Waals surface area contributed by atoms with Crippen molar-refractivity contribution >= 4 is 28.7 Å². The van der Waals surface area contributed by atoms with Crippen LogP contribution in [-0.4, -0.2) is 39.1 Å². The average Bonchev–Trinajstić information content (AvgIpc) is 3.40. The van der Waals surface area contributed by atoms with Crippen molar-refractivity contribution in [3.05, 3.63) is 53.7 Å². The van der Waals surface area contributed by atoms with Gasteiger partial charge >= 0.3 is 12.1 Å². The maximum Gasteiger partial charge on any atom is 0.407 e. The molecule has 4 rings (SSSR count). The van der Waals surface area contributed by atoms with Gasteiger partial charge in [-0.25, -0.2) is 9.36 Å². The largest absolute Gasteiger partial charge is 0.444 e. The number of amides is 1. The van der Waals surface area contributed by atoms with Crippen LogP contribution < -0.4 is 9.88 Å². The first-order valence-corrected chi connectivity index (χ1v) is 14.2. The van der Waals surface area contributed by atoms with E-state index in [2.05, 4.69) is 20.5 Å². The van der Waals surface area contributed by atoms with Gasteiger partial charge in [0.2, 0.25) is 6.73 Å². The number of esters is 1. The van der Waals surface area contributed by atoms with E-state index in [1.807, 2.05) is 83.7 Å². The lowest BCUT2D eigenvalue weighted by molar-refractivity contribution is -0.732. The molecular weight excluding hydrogens is 508 g/mol. The number of benzene rings is 1. The minimum atomic E-state index is -0.571. The number of para-hydroxylation sites is 1. The van der Waals surface area contributed by atoms with Crippen molar-refractivity contribution in [2.24, 2.45) is 24.8 Å². The number of ketones is 1. The number of ether oxygens (including phenoxy) is 2. The number of aromatic nitrogens is 3. The van der Waals surface area contributed by atoms with Crippen LogP contribution in [-0.2, 0) is 41.0 Å². The number of nitrogens with zero attached hydrogens (tertiary/aromatic N) is 3. The van der Waals surface area contributed by atoms with E-state index in [1.54, 1.807) is 0 Å². The molecule has 1 aromatic carbocycles. The first-order valence-electron chi connectivity index (χ1n) is 14.2. The molecule has 0 aliphatic heterocycles. The molecule has 1 aliphatic rings. The Morgan fingerprint density at radius 2 is 1.95 bits per heavy atom. The molecule has 216 valence electrons. The van der Waals surface area contributed by atoms with E-state index >= 15 is 0 Å². The molecule has 0 spiro atoms. The molecule has 9 nitrogen and oxygen atoms in total. The van der Waals surface area contributed by atoms with Gasteiger partial charge in [0.15, 0.2) is 5.78 Å². The molecule has 3 aromatic rings. The number of carbonyl (C=O) groups excluding carboxylic acids is 3. The minimum absolute atomic E-state index is 0.0287. The molecule has 2 unspecified atom stereocenters. The van der Waals surface area contributed by atoms with Gasteiger partial charge in [0, 0.05) is 42.7 Å². The zero-order valence-electron chi connectivity index (χ0n) is 24.8. The van der Waals surface area contributed by atoms with E-state index in [1.165, 1.54) is 0 Å². The first kappa shape index (κ1) is 29.4. The van der Waals surface area contributed by atoms with Crippen LogP contribution in [0.25, 0.3) is 10.9 Å². The smallest absolute Gasteiger partial charge is 0.407 e. The number of aryl methyl sites for hydroxylation is 1. The number of carbonyl (C=O) groups is 3. The van der Waals surface area contributed by atoms with Crippen molar-refractivity contribution < 1.29 is 28.4 Å². The molecule has 0 bridgehead atoms. The third-order valence-corrected chi connectivity index (χ3v) is 8.39. The molecule has 0 radical (unpaired) electrons. The van der Waals surface area contributed by atoms with Crippen LogP contribution in [0, 0.1) is 24.7 Å². The molecule has 1 aliphatic carbocycles. The number of fused-ring (bicyclic) bond motifs is 3. The zero-order chi connectivity index (χ0) is 29.2. The van der Waals surface area contributed by atoms with Gasteiger partial charge in [-0.2, -0.15) is 4.57 Å². The van der Waals surface area contributed by atoms with Crippen LogP contribution in [0.3, 0.4) is 0 Å². The van der Waals surface area contributed by atoms with Crippen LogP contribution in [0.4, 0.5) is 4.79 Å². The van der Waals surface area contributed by atoms with E-state index in [0.717, 1.165) is 40.8 Å². The monoisotopic (exact) mass is 551 g/mol. The number of imidazole rings is 1. The summed E-state index contributed by atoms with van der Waals surface area (Å²) in [5, 5.41) is 3.74. The number of Topliss-reactive ketones (excluding diaryl/α,β-unsaturated/α-hetero) is 1. The van der Waals surface area contributed by atoms with Crippen molar-refractivity contribution in [2.75, 3.05) is 6.54 Å². The van der Waals surface area contributed by atoms with Crippen molar-refractivity contribution in [2.45, 2.75) is 79.7 Å². The summed E-state index contributed by atoms with van der Waals surface area (Å²) < 4.78 is 17.1. The number of hydrogen-bond acceptors (Lipinski definition) is 5. The highest BCUT2D eigenvalue weighted by molar-refractivity contribution is 6.11. The number of nitrogens with one attached hydrogen (secondary N) is 1. The average molecular weight is 552 g/mol. The summed E-state index contributed by atoms with van der Waals surface area (Å²) in [6.07, 6.45) is 5.60. The van der Waals surface area contributed by atoms with Crippen molar-refractivity contribution in [3.8, 4) is 0 Å². The minimum Gasteiger partial charge on any atom is -0.444 e. The van der Waals surface area contributed by atoms with Gasteiger partial charge in [-0.1, -0.05) is 39.0 Å². The van der Waals surface area contributed by atoms with Crippen molar-refractivity contribution in [1.29, 1.82) is 0 Å². The molecular formula is C31H43N4O5+. The van der Waals surface area contributed by atoms with Gasteiger partial charge in [0.25, 0.3) is 5.82 Å². The van der Waals surface area contributed by atoms with Crippen molar-refractivity contribution in [3.63, 3.8) is 0 Å². The summed E-state index contributed by atoms with van der Waals surface area (Å²) in [5.74, 6) is 0.0602. The number of alkyl carbamates (subject to hydrolysis) is 1. The Bertz CT molecular complexity index is 1400. The van der Waals surface area contributed by atoms with E-state index in [-0.39, 0.29) is 36.9 Å². The number of rotatable bonds is 10. The summed E-state index contributed by atoms with van der Waals surface area (Å²) in [7, 11) is 2.04. The molecule has 0 saturated heterocycles. The SMILES string of the molecule is CCC(C)(C)OC(=O)NCC(C(=O)OC[n+]1ccn(CC2CCc3c(c4ccccc4n3C)C2=O)c1C)C(C)C. The van der Waals surface area contributed by atoms with Gasteiger partial charge in [-0.3, -0.25) is 9.59 Å². The number of hydrogen-bond donors (Lipinski definition) is 1. The Balaban J connectivity index is 1.37. The van der Waals surface area contributed by atoms with E-state index in [0.29, 0.717) is 13.0 Å². The highest BCUT2D eigenvalue weighted by atomic mass is 16.6. The molecule has 2 aromatic heterocycles. The van der Waals surface area contributed by atoms with Crippen LogP contribution in [0.15, 0.2) is 36.7 Å². The topological polar surface area (TPSA) is 95.4 Å². The molecule has 2 atom stereocenters. The van der Waals surface area contributed by atoms with Gasteiger partial charge < -0.3 is 19.4 Å². The molecule has 0 fully saturated rings. The Morgan fingerprint density at radius 1 is 1.23 bits per heavy atom. The normalized spacial score (nSPS) is 16.2. The summed E-state index contributed by atoms with van der Waals surface area (Å²) >= 11 is 0. The molecule has 9 heteroatoms. The second-order valence-corrected chi connectivity index (χ2v) is 11.8. The quantitative estimate of drug-likeness (QED) is 0.291. The Morgan fingerprint density at radius 3 is 2.65 bits per heavy atom. The maximum atomic E-state index is 13.6. The van der Waals surface area contributed by atoms with Crippen LogP contribution in [0.1, 0.15) is 69.3 Å². The summed E-state index contributed by atoms with van der Waals surface area (Å²) in [6, 6.07) is 8.09. The van der Waals surface area contributed by atoms with Gasteiger partial charge in [0.05, 0.1) is 11.8 Å². The molecule has 1 amide bonds. The second-order valence-electron chi connectivity index (χ2n) is 11.8. The molecule has 1 N–H and O–H groups in total. The van der Waals surface area contributed by atoms with Gasteiger partial charge in [-0.05, 0) is 45.1 Å². The van der Waals surface area contributed by atoms with Crippen LogP contribution in [0.2, 0.25) is 0 Å². The van der Waals surface area contributed by atoms with E-state index in [4.69, 9.17) is 9.47 Å². The lowest BCUT2D eigenvalue weighted by atomic mass is 9.85. The van der Waals surface area contributed by atoms with Crippen molar-refractivity contribution in [1.82, 2.24) is 14.5 Å². The predicted molar refractivity (Wildman–Crippen MR) is 152 cm³/mol. The fraction of sp³-hybridized carbons (Fsp3) is 0.548. The summed E-state index contributed by atoms with van der Waals surface area (Å²) in [4.78, 5) is 38.7. The lowest BCUT2D eigenvalue weighted by Crippen LogP contribution is -2.42. The summed E-state index contributed by atoms with van der Waals surface area (Å²) in [6.45, 7) is 12.2. The van der Waals surface area contributed by atoms with Crippen LogP contribution in [0.5, 0.6) is 0 Å². The van der Waals surface area contributed by atoms with Gasteiger partial charge in [-0.15, -0.1) is 0 Å². The fourth-order valence-corrected chi connectivity index (χ4v) is 5.33. The third-order valence-electron chi connectivity index (χ3n) is 8.39. The highest BCUT2D eigenvalue weighted by Gasteiger charge is 2.34. The van der Waals surface area contributed by atoms with E-state index < -0.39 is 17.6 Å². The van der Waals surface area contributed by atoms with Gasteiger partial charge in [0.1, 0.15) is 24.5 Å². The molecule has 40 heavy (non-hydrogen) atoms. The maximum absolute atomic E-state index is 13.6. The highest BCUT2D eigenvalue weighted by Crippen LogP contribution is 2.34. The molecule has 2 heterocycles. The fourth-order valence-electron chi connectivity index (χ4n) is 5.33.